The van der Waals surface area contributed by atoms with E-state index >= 15 is 0 Å². The summed E-state index contributed by atoms with van der Waals surface area (Å²) in [5.74, 6) is 0. The Hall–Kier alpha value is -0.900. The maximum Gasteiger partial charge on any atom is 0.0692 e. The SMILES string of the molecule is c1cn(CCCNC2CCCCCCC2)nn1. The van der Waals surface area contributed by atoms with Crippen LogP contribution in [0.5, 0.6) is 0 Å². The summed E-state index contributed by atoms with van der Waals surface area (Å²) in [6.07, 6.45) is 14.6. The lowest BCUT2D eigenvalue weighted by Crippen LogP contribution is -2.31. The van der Waals surface area contributed by atoms with Crippen molar-refractivity contribution in [2.45, 2.75) is 64.0 Å². The van der Waals surface area contributed by atoms with Gasteiger partial charge in [-0.2, -0.15) is 0 Å². The Morgan fingerprint density at radius 2 is 1.88 bits per heavy atom. The van der Waals surface area contributed by atoms with E-state index in [-0.39, 0.29) is 0 Å². The van der Waals surface area contributed by atoms with E-state index in [0.717, 1.165) is 25.6 Å². The highest BCUT2D eigenvalue weighted by Crippen LogP contribution is 2.16. The molecule has 1 N–H and O–H groups in total. The van der Waals surface area contributed by atoms with Crippen molar-refractivity contribution in [2.75, 3.05) is 6.54 Å². The summed E-state index contributed by atoms with van der Waals surface area (Å²) in [5, 5.41) is 11.5. The molecule has 0 aliphatic heterocycles. The number of rotatable bonds is 5. The van der Waals surface area contributed by atoms with Crippen molar-refractivity contribution >= 4 is 0 Å². The molecule has 4 nitrogen and oxygen atoms in total. The Balaban J connectivity index is 1.57. The monoisotopic (exact) mass is 236 g/mol. The normalized spacial score (nSPS) is 18.8. The molecule has 0 spiro atoms. The van der Waals surface area contributed by atoms with Gasteiger partial charge in [0.1, 0.15) is 0 Å². The van der Waals surface area contributed by atoms with Gasteiger partial charge in [-0.3, -0.25) is 4.68 Å². The first kappa shape index (κ1) is 12.6. The molecule has 0 bridgehead atoms. The second-order valence-electron chi connectivity index (χ2n) is 5.02. The van der Waals surface area contributed by atoms with Gasteiger partial charge >= 0.3 is 0 Å². The molecule has 1 aliphatic carbocycles. The fourth-order valence-electron chi connectivity index (χ4n) is 2.56. The van der Waals surface area contributed by atoms with Gasteiger partial charge in [0.15, 0.2) is 0 Å². The Kier molecular flexibility index (Phi) is 5.49. The molecule has 1 fully saturated rings. The van der Waals surface area contributed by atoms with Gasteiger partial charge in [0.05, 0.1) is 6.20 Å². The first-order valence-corrected chi connectivity index (χ1v) is 7.02. The Bertz CT molecular complexity index is 276. The summed E-state index contributed by atoms with van der Waals surface area (Å²) in [4.78, 5) is 0. The van der Waals surface area contributed by atoms with E-state index in [1.165, 1.54) is 44.9 Å². The molecule has 1 aromatic rings. The van der Waals surface area contributed by atoms with Crippen LogP contribution >= 0.6 is 0 Å². The number of aromatic nitrogens is 3. The number of nitrogens with one attached hydrogen (secondary N) is 1. The molecule has 1 saturated carbocycles. The number of hydrogen-bond donors (Lipinski definition) is 1. The highest BCUT2D eigenvalue weighted by molar-refractivity contribution is 4.70. The molecular formula is C13H24N4. The van der Waals surface area contributed by atoms with Gasteiger partial charge in [0.2, 0.25) is 0 Å². The van der Waals surface area contributed by atoms with Gasteiger partial charge in [0, 0.05) is 18.8 Å². The van der Waals surface area contributed by atoms with E-state index in [4.69, 9.17) is 0 Å². The second kappa shape index (κ2) is 7.43. The lowest BCUT2D eigenvalue weighted by molar-refractivity contribution is 0.382. The topological polar surface area (TPSA) is 42.7 Å². The minimum atomic E-state index is 0.756. The molecule has 1 aromatic heterocycles. The van der Waals surface area contributed by atoms with Crippen LogP contribution in [0.15, 0.2) is 12.4 Å². The van der Waals surface area contributed by atoms with E-state index < -0.39 is 0 Å². The smallest absolute Gasteiger partial charge is 0.0692 e. The van der Waals surface area contributed by atoms with E-state index in [0.29, 0.717) is 0 Å². The van der Waals surface area contributed by atoms with Crippen molar-refractivity contribution in [1.82, 2.24) is 20.3 Å². The van der Waals surface area contributed by atoms with E-state index in [1.54, 1.807) is 6.20 Å². The molecule has 17 heavy (non-hydrogen) atoms. The minimum Gasteiger partial charge on any atom is -0.314 e. The van der Waals surface area contributed by atoms with Crippen LogP contribution in [0.3, 0.4) is 0 Å². The second-order valence-corrected chi connectivity index (χ2v) is 5.02. The van der Waals surface area contributed by atoms with Crippen molar-refractivity contribution in [3.63, 3.8) is 0 Å². The van der Waals surface area contributed by atoms with Gasteiger partial charge < -0.3 is 5.32 Å². The fourth-order valence-corrected chi connectivity index (χ4v) is 2.56. The van der Waals surface area contributed by atoms with Crippen molar-refractivity contribution in [1.29, 1.82) is 0 Å². The van der Waals surface area contributed by atoms with Gasteiger partial charge in [0.25, 0.3) is 0 Å². The number of hydrogen-bond acceptors (Lipinski definition) is 3. The average molecular weight is 236 g/mol. The van der Waals surface area contributed by atoms with Crippen LogP contribution in [-0.4, -0.2) is 27.6 Å². The van der Waals surface area contributed by atoms with E-state index in [9.17, 15) is 0 Å². The van der Waals surface area contributed by atoms with Crippen molar-refractivity contribution < 1.29 is 0 Å². The molecule has 0 saturated heterocycles. The van der Waals surface area contributed by atoms with Crippen LogP contribution in [0.1, 0.15) is 51.4 Å². The lowest BCUT2D eigenvalue weighted by atomic mass is 9.97. The molecule has 0 aromatic carbocycles. The van der Waals surface area contributed by atoms with Crippen LogP contribution < -0.4 is 5.32 Å². The molecule has 1 aliphatic rings. The van der Waals surface area contributed by atoms with Crippen molar-refractivity contribution in [3.05, 3.63) is 12.4 Å². The molecule has 0 unspecified atom stereocenters. The standard InChI is InChI=1S/C13H24N4/c1-2-4-7-13(8-5-3-1)14-9-6-11-17-12-10-15-16-17/h10,12-14H,1-9,11H2. The zero-order valence-electron chi connectivity index (χ0n) is 10.6. The zero-order valence-corrected chi connectivity index (χ0v) is 10.6. The molecular weight excluding hydrogens is 212 g/mol. The van der Waals surface area contributed by atoms with Crippen LogP contribution in [0, 0.1) is 0 Å². The zero-order chi connectivity index (χ0) is 11.8. The van der Waals surface area contributed by atoms with Crippen LogP contribution in [0.2, 0.25) is 0 Å². The molecule has 0 amide bonds. The summed E-state index contributed by atoms with van der Waals surface area (Å²) in [5.41, 5.74) is 0. The van der Waals surface area contributed by atoms with Crippen LogP contribution in [-0.2, 0) is 6.54 Å². The highest BCUT2D eigenvalue weighted by atomic mass is 15.4. The summed E-state index contributed by atoms with van der Waals surface area (Å²) in [7, 11) is 0. The predicted octanol–water partition coefficient (Wildman–Crippen LogP) is 2.37. The van der Waals surface area contributed by atoms with Gasteiger partial charge in [-0.15, -0.1) is 5.10 Å². The maximum absolute atomic E-state index is 3.97. The number of aryl methyl sites for hydroxylation is 1. The molecule has 0 radical (unpaired) electrons. The third kappa shape index (κ3) is 4.86. The largest absolute Gasteiger partial charge is 0.314 e. The summed E-state index contributed by atoms with van der Waals surface area (Å²) in [6, 6.07) is 0.756. The lowest BCUT2D eigenvalue weighted by Gasteiger charge is -2.21. The summed E-state index contributed by atoms with van der Waals surface area (Å²) < 4.78 is 1.90. The molecule has 4 heteroatoms. The third-order valence-electron chi connectivity index (χ3n) is 3.57. The van der Waals surface area contributed by atoms with Crippen molar-refractivity contribution in [3.8, 4) is 0 Å². The van der Waals surface area contributed by atoms with Crippen molar-refractivity contribution in [2.24, 2.45) is 0 Å². The van der Waals surface area contributed by atoms with Gasteiger partial charge in [-0.25, -0.2) is 0 Å². The Morgan fingerprint density at radius 1 is 1.12 bits per heavy atom. The first-order valence-electron chi connectivity index (χ1n) is 7.02. The third-order valence-corrected chi connectivity index (χ3v) is 3.57. The quantitative estimate of drug-likeness (QED) is 0.798. The first-order chi connectivity index (χ1) is 8.45. The Labute approximate surface area is 104 Å². The van der Waals surface area contributed by atoms with Crippen LogP contribution in [0.25, 0.3) is 0 Å². The molecule has 2 rings (SSSR count). The summed E-state index contributed by atoms with van der Waals surface area (Å²) in [6.45, 7) is 2.07. The van der Waals surface area contributed by atoms with Gasteiger partial charge in [-0.05, 0) is 25.8 Å². The maximum atomic E-state index is 3.97. The Morgan fingerprint density at radius 3 is 2.59 bits per heavy atom. The van der Waals surface area contributed by atoms with E-state index in [2.05, 4.69) is 15.6 Å². The predicted molar refractivity (Wildman–Crippen MR) is 68.7 cm³/mol. The molecule has 0 atom stereocenters. The number of nitrogens with zero attached hydrogens (tertiary/aromatic N) is 3. The molecule has 96 valence electrons. The molecule has 1 heterocycles. The fraction of sp³-hybridized carbons (Fsp3) is 0.846. The summed E-state index contributed by atoms with van der Waals surface area (Å²) >= 11 is 0. The minimum absolute atomic E-state index is 0.756. The van der Waals surface area contributed by atoms with Gasteiger partial charge in [-0.1, -0.05) is 37.3 Å². The van der Waals surface area contributed by atoms with E-state index in [1.807, 2.05) is 10.9 Å². The average Bonchev–Trinajstić information content (AvgIpc) is 2.79. The van der Waals surface area contributed by atoms with Crippen LogP contribution in [0.4, 0.5) is 0 Å². The highest BCUT2D eigenvalue weighted by Gasteiger charge is 2.09.